The standard InChI is InChI=1S/C17H22N2O2/c1-12(2)16(18-3)15-8-9-19(11-15)10-13-4-6-14(7-5-13)17(20)21/h4-9,11-12,16,18H,10H2,1-3H3,(H,20,21). The number of aromatic carboxylic acids is 1. The smallest absolute Gasteiger partial charge is 0.335 e. The van der Waals surface area contributed by atoms with Crippen LogP contribution in [0.3, 0.4) is 0 Å². The highest BCUT2D eigenvalue weighted by molar-refractivity contribution is 5.87. The zero-order chi connectivity index (χ0) is 15.4. The summed E-state index contributed by atoms with van der Waals surface area (Å²) in [5.74, 6) is -0.362. The highest BCUT2D eigenvalue weighted by atomic mass is 16.4. The molecule has 112 valence electrons. The van der Waals surface area contributed by atoms with Crippen LogP contribution in [0.2, 0.25) is 0 Å². The minimum absolute atomic E-state index is 0.321. The van der Waals surface area contributed by atoms with Crippen LogP contribution in [0.1, 0.15) is 41.4 Å². The first-order valence-electron chi connectivity index (χ1n) is 7.16. The number of carboxylic acid groups (broad SMARTS) is 1. The second kappa shape index (κ2) is 6.59. The summed E-state index contributed by atoms with van der Waals surface area (Å²) in [6.07, 6.45) is 4.21. The van der Waals surface area contributed by atoms with E-state index in [0.29, 0.717) is 17.5 Å². The van der Waals surface area contributed by atoms with Crippen LogP contribution in [0.5, 0.6) is 0 Å². The molecule has 0 amide bonds. The van der Waals surface area contributed by atoms with Gasteiger partial charge in [-0.1, -0.05) is 26.0 Å². The molecule has 0 fully saturated rings. The van der Waals surface area contributed by atoms with Gasteiger partial charge in [-0.05, 0) is 42.3 Å². The Bertz CT molecular complexity index is 600. The van der Waals surface area contributed by atoms with Gasteiger partial charge in [0.1, 0.15) is 0 Å². The molecule has 4 nitrogen and oxygen atoms in total. The Labute approximate surface area is 125 Å². The molecule has 0 saturated heterocycles. The molecule has 0 aliphatic rings. The Hall–Kier alpha value is -2.07. The van der Waals surface area contributed by atoms with E-state index in [2.05, 4.69) is 42.2 Å². The van der Waals surface area contributed by atoms with Crippen molar-refractivity contribution >= 4 is 5.97 Å². The van der Waals surface area contributed by atoms with Crippen LogP contribution in [0.4, 0.5) is 0 Å². The first-order chi connectivity index (χ1) is 10.0. The number of aromatic nitrogens is 1. The third kappa shape index (κ3) is 3.73. The predicted octanol–water partition coefficient (Wildman–Crippen LogP) is 3.15. The zero-order valence-corrected chi connectivity index (χ0v) is 12.7. The van der Waals surface area contributed by atoms with E-state index in [1.165, 1.54) is 5.56 Å². The average molecular weight is 286 g/mol. The van der Waals surface area contributed by atoms with E-state index in [4.69, 9.17) is 5.11 Å². The highest BCUT2D eigenvalue weighted by Gasteiger charge is 2.14. The van der Waals surface area contributed by atoms with Crippen LogP contribution in [0.25, 0.3) is 0 Å². The molecule has 1 unspecified atom stereocenters. The Morgan fingerprint density at radius 3 is 2.43 bits per heavy atom. The molecule has 0 saturated carbocycles. The van der Waals surface area contributed by atoms with E-state index in [-0.39, 0.29) is 0 Å². The van der Waals surface area contributed by atoms with Gasteiger partial charge in [-0.2, -0.15) is 0 Å². The van der Waals surface area contributed by atoms with E-state index >= 15 is 0 Å². The van der Waals surface area contributed by atoms with Crippen LogP contribution >= 0.6 is 0 Å². The van der Waals surface area contributed by atoms with Gasteiger partial charge in [-0.25, -0.2) is 4.79 Å². The number of carbonyl (C=O) groups is 1. The van der Waals surface area contributed by atoms with E-state index in [0.717, 1.165) is 12.1 Å². The van der Waals surface area contributed by atoms with Gasteiger partial charge in [-0.3, -0.25) is 0 Å². The van der Waals surface area contributed by atoms with Crippen molar-refractivity contribution in [1.82, 2.24) is 9.88 Å². The zero-order valence-electron chi connectivity index (χ0n) is 12.7. The lowest BCUT2D eigenvalue weighted by Gasteiger charge is -2.18. The summed E-state index contributed by atoms with van der Waals surface area (Å²) in [6, 6.07) is 9.49. The molecule has 1 aromatic carbocycles. The molecular weight excluding hydrogens is 264 g/mol. The molecule has 2 N–H and O–H groups in total. The molecule has 4 heteroatoms. The van der Waals surface area contributed by atoms with Crippen molar-refractivity contribution in [2.24, 2.45) is 5.92 Å². The molecule has 1 atom stereocenters. The normalized spacial score (nSPS) is 12.6. The third-order valence-electron chi connectivity index (χ3n) is 3.68. The maximum absolute atomic E-state index is 10.8. The molecular formula is C17H22N2O2. The second-order valence-electron chi connectivity index (χ2n) is 5.63. The van der Waals surface area contributed by atoms with Crippen LogP contribution in [-0.2, 0) is 6.54 Å². The number of hydrogen-bond donors (Lipinski definition) is 2. The molecule has 21 heavy (non-hydrogen) atoms. The van der Waals surface area contributed by atoms with Crippen molar-refractivity contribution < 1.29 is 9.90 Å². The second-order valence-corrected chi connectivity index (χ2v) is 5.63. The van der Waals surface area contributed by atoms with Gasteiger partial charge >= 0.3 is 5.97 Å². The van der Waals surface area contributed by atoms with Gasteiger partial charge in [0.2, 0.25) is 0 Å². The van der Waals surface area contributed by atoms with Crippen molar-refractivity contribution in [1.29, 1.82) is 0 Å². The molecule has 0 aliphatic heterocycles. The molecule has 0 aliphatic carbocycles. The summed E-state index contributed by atoms with van der Waals surface area (Å²) < 4.78 is 2.12. The van der Waals surface area contributed by atoms with Crippen LogP contribution in [0.15, 0.2) is 42.7 Å². The Morgan fingerprint density at radius 1 is 1.24 bits per heavy atom. The lowest BCUT2D eigenvalue weighted by Crippen LogP contribution is -2.21. The average Bonchev–Trinajstić information content (AvgIpc) is 2.88. The molecule has 0 spiro atoms. The molecule has 0 bridgehead atoms. The quantitative estimate of drug-likeness (QED) is 0.857. The summed E-state index contributed by atoms with van der Waals surface area (Å²) in [5, 5.41) is 12.2. The minimum atomic E-state index is -0.890. The van der Waals surface area contributed by atoms with E-state index < -0.39 is 5.97 Å². The fourth-order valence-corrected chi connectivity index (χ4v) is 2.59. The van der Waals surface area contributed by atoms with Crippen LogP contribution in [0, 0.1) is 5.92 Å². The first kappa shape index (κ1) is 15.3. The van der Waals surface area contributed by atoms with E-state index in [9.17, 15) is 4.79 Å². The Balaban J connectivity index is 2.10. The largest absolute Gasteiger partial charge is 0.478 e. The predicted molar refractivity (Wildman–Crippen MR) is 83.6 cm³/mol. The number of carboxylic acids is 1. The van der Waals surface area contributed by atoms with E-state index in [1.54, 1.807) is 12.1 Å². The maximum Gasteiger partial charge on any atom is 0.335 e. The van der Waals surface area contributed by atoms with Crippen molar-refractivity contribution in [3.05, 3.63) is 59.4 Å². The SMILES string of the molecule is CNC(c1ccn(Cc2ccc(C(=O)O)cc2)c1)C(C)C. The summed E-state index contributed by atoms with van der Waals surface area (Å²) >= 11 is 0. The fourth-order valence-electron chi connectivity index (χ4n) is 2.59. The molecule has 0 radical (unpaired) electrons. The van der Waals surface area contributed by atoms with Gasteiger partial charge in [0.25, 0.3) is 0 Å². The number of rotatable bonds is 6. The summed E-state index contributed by atoms with van der Waals surface area (Å²) in [6.45, 7) is 5.14. The molecule has 1 aromatic heterocycles. The van der Waals surface area contributed by atoms with Crippen molar-refractivity contribution in [3.63, 3.8) is 0 Å². The topological polar surface area (TPSA) is 54.3 Å². The van der Waals surface area contributed by atoms with Crippen molar-refractivity contribution in [3.8, 4) is 0 Å². The third-order valence-corrected chi connectivity index (χ3v) is 3.68. The first-order valence-corrected chi connectivity index (χ1v) is 7.16. The van der Waals surface area contributed by atoms with Gasteiger partial charge in [0, 0.05) is 25.0 Å². The fraction of sp³-hybridized carbons (Fsp3) is 0.353. The number of hydrogen-bond acceptors (Lipinski definition) is 2. The van der Waals surface area contributed by atoms with E-state index in [1.807, 2.05) is 19.2 Å². The van der Waals surface area contributed by atoms with Crippen LogP contribution in [-0.4, -0.2) is 22.7 Å². The lowest BCUT2D eigenvalue weighted by atomic mass is 9.99. The summed E-state index contributed by atoms with van der Waals surface area (Å²) in [5.41, 5.74) is 2.68. The minimum Gasteiger partial charge on any atom is -0.478 e. The maximum atomic E-state index is 10.8. The number of benzene rings is 1. The molecule has 2 aromatic rings. The van der Waals surface area contributed by atoms with Gasteiger partial charge in [0.05, 0.1) is 5.56 Å². The van der Waals surface area contributed by atoms with Gasteiger partial charge < -0.3 is 15.0 Å². The van der Waals surface area contributed by atoms with Crippen LogP contribution < -0.4 is 5.32 Å². The number of nitrogens with one attached hydrogen (secondary N) is 1. The lowest BCUT2D eigenvalue weighted by molar-refractivity contribution is 0.0697. The molecule has 1 heterocycles. The van der Waals surface area contributed by atoms with Gasteiger partial charge in [-0.15, -0.1) is 0 Å². The summed E-state index contributed by atoms with van der Waals surface area (Å²) in [4.78, 5) is 10.8. The monoisotopic (exact) mass is 286 g/mol. The molecule has 2 rings (SSSR count). The Kier molecular flexibility index (Phi) is 4.81. The van der Waals surface area contributed by atoms with Crippen molar-refractivity contribution in [2.75, 3.05) is 7.05 Å². The number of nitrogens with zero attached hydrogens (tertiary/aromatic N) is 1. The van der Waals surface area contributed by atoms with Crippen molar-refractivity contribution in [2.45, 2.75) is 26.4 Å². The highest BCUT2D eigenvalue weighted by Crippen LogP contribution is 2.21. The summed E-state index contributed by atoms with van der Waals surface area (Å²) in [7, 11) is 1.98. The Morgan fingerprint density at radius 2 is 1.90 bits per heavy atom. The van der Waals surface area contributed by atoms with Gasteiger partial charge in [0.15, 0.2) is 0 Å².